The van der Waals surface area contributed by atoms with E-state index in [9.17, 15) is 36.8 Å². The Kier molecular flexibility index (Phi) is 12.7. The van der Waals surface area contributed by atoms with Crippen LogP contribution in [0.15, 0.2) is 212 Å². The highest BCUT2D eigenvalue weighted by Gasteiger charge is 2.22. The largest absolute Gasteiger partial charge is 0.192 e. The Morgan fingerprint density at radius 3 is 0.554 bits per heavy atom. The van der Waals surface area contributed by atoms with Crippen LogP contribution in [0, 0.1) is 79.3 Å². The van der Waals surface area contributed by atoms with Gasteiger partial charge in [0.2, 0.25) is 0 Å². The van der Waals surface area contributed by atoms with E-state index in [1.807, 2.05) is 152 Å². The van der Waals surface area contributed by atoms with Crippen LogP contribution in [-0.2, 0) is 0 Å². The minimum absolute atomic E-state index is 0.310. The predicted octanol–water partition coefficient (Wildman–Crippen LogP) is 15.8. The van der Waals surface area contributed by atoms with Crippen LogP contribution in [0.3, 0.4) is 0 Å². The quantitative estimate of drug-likeness (QED) is 0.139. The summed E-state index contributed by atoms with van der Waals surface area (Å²) in [6.45, 7) is 0. The Labute approximate surface area is 428 Å². The molecule has 0 aliphatic rings. The maximum atomic E-state index is 11.7. The van der Waals surface area contributed by atoms with Crippen molar-refractivity contribution < 1.29 is 0 Å². The van der Waals surface area contributed by atoms with Crippen molar-refractivity contribution >= 4 is 0 Å². The molecule has 338 valence electrons. The van der Waals surface area contributed by atoms with Gasteiger partial charge in [0, 0.05) is 11.1 Å². The first-order chi connectivity index (χ1) is 36.4. The molecule has 0 aliphatic carbocycles. The van der Waals surface area contributed by atoms with E-state index >= 15 is 0 Å². The van der Waals surface area contributed by atoms with E-state index in [-0.39, 0.29) is 0 Å². The van der Waals surface area contributed by atoms with Crippen LogP contribution >= 0.6 is 0 Å². The topological polar surface area (TPSA) is 167 Å². The third kappa shape index (κ3) is 8.79. The lowest BCUT2D eigenvalue weighted by Crippen LogP contribution is -1.97. The average Bonchev–Trinajstić information content (AvgIpc) is 3.49. The SMILES string of the molecule is N#Cc1ccccc1-c1cc(-c2cc(-c3cc(-c4ccccc4C#N)cc(-c4ccccc4C#N)c3)c(C#N)c(-c3cc(-c4ccccc4C#N)cc(-c4ccccc4C#N)c3)c2)cc(-c2ccccc2C#N)c1. The minimum atomic E-state index is 0.310. The summed E-state index contributed by atoms with van der Waals surface area (Å²) in [4.78, 5) is 0. The lowest BCUT2D eigenvalue weighted by Gasteiger charge is -2.19. The molecule has 0 fully saturated rings. The fourth-order valence-electron chi connectivity index (χ4n) is 9.67. The summed E-state index contributed by atoms with van der Waals surface area (Å²) >= 11 is 0. The van der Waals surface area contributed by atoms with Crippen LogP contribution < -0.4 is 0 Å². The second-order valence-electron chi connectivity index (χ2n) is 17.4. The summed E-state index contributed by atoms with van der Waals surface area (Å²) in [5, 5.41) is 74.0. The molecule has 0 aromatic heterocycles. The molecule has 0 spiro atoms. The summed E-state index contributed by atoms with van der Waals surface area (Å²) in [6.07, 6.45) is 0. The number of benzene rings is 10. The zero-order valence-electron chi connectivity index (χ0n) is 39.3. The molecule has 10 aromatic rings. The van der Waals surface area contributed by atoms with Crippen molar-refractivity contribution in [2.75, 3.05) is 0 Å². The van der Waals surface area contributed by atoms with Gasteiger partial charge >= 0.3 is 0 Å². The molecule has 0 unspecified atom stereocenters. The third-order valence-corrected chi connectivity index (χ3v) is 13.2. The zero-order chi connectivity index (χ0) is 51.1. The maximum absolute atomic E-state index is 11.7. The van der Waals surface area contributed by atoms with E-state index in [0.717, 1.165) is 11.1 Å². The summed E-state index contributed by atoms with van der Waals surface area (Å²) < 4.78 is 0. The van der Waals surface area contributed by atoms with Crippen molar-refractivity contribution in [2.45, 2.75) is 0 Å². The average molecular weight is 938 g/mol. The van der Waals surface area contributed by atoms with E-state index in [1.165, 1.54) is 0 Å². The van der Waals surface area contributed by atoms with Gasteiger partial charge in [0.05, 0.1) is 75.4 Å². The van der Waals surface area contributed by atoms with Gasteiger partial charge < -0.3 is 0 Å². The minimum Gasteiger partial charge on any atom is -0.192 e. The summed E-state index contributed by atoms with van der Waals surface area (Å²) in [5.74, 6) is 0. The molecule has 7 heteroatoms. The predicted molar refractivity (Wildman–Crippen MR) is 288 cm³/mol. The molecular formula is C67H35N7. The Morgan fingerprint density at radius 2 is 0.351 bits per heavy atom. The molecule has 7 nitrogen and oxygen atoms in total. The van der Waals surface area contributed by atoms with Gasteiger partial charge in [0.25, 0.3) is 0 Å². The van der Waals surface area contributed by atoms with E-state index in [0.29, 0.717) is 128 Å². The van der Waals surface area contributed by atoms with Gasteiger partial charge in [-0.25, -0.2) is 0 Å². The highest BCUT2D eigenvalue weighted by Crippen LogP contribution is 2.45. The summed E-state index contributed by atoms with van der Waals surface area (Å²) in [6, 6.07) is 82.2. The molecule has 10 rings (SSSR count). The summed E-state index contributed by atoms with van der Waals surface area (Å²) in [5.41, 5.74) is 15.0. The number of nitrogens with zero attached hydrogens (tertiary/aromatic N) is 7. The molecule has 0 heterocycles. The zero-order valence-corrected chi connectivity index (χ0v) is 39.3. The molecule has 0 aliphatic heterocycles. The van der Waals surface area contributed by atoms with Crippen LogP contribution in [0.1, 0.15) is 38.9 Å². The number of rotatable bonds is 9. The molecule has 10 aromatic carbocycles. The second kappa shape index (κ2) is 20.3. The van der Waals surface area contributed by atoms with Crippen LogP contribution in [0.2, 0.25) is 0 Å². The van der Waals surface area contributed by atoms with Gasteiger partial charge in [-0.15, -0.1) is 0 Å². The first-order valence-electron chi connectivity index (χ1n) is 23.4. The Morgan fingerprint density at radius 1 is 0.176 bits per heavy atom. The van der Waals surface area contributed by atoms with Gasteiger partial charge in [-0.3, -0.25) is 0 Å². The molecular weight excluding hydrogens is 903 g/mol. The van der Waals surface area contributed by atoms with Crippen LogP contribution in [0.5, 0.6) is 0 Å². The van der Waals surface area contributed by atoms with Gasteiger partial charge in [-0.1, -0.05) is 109 Å². The molecule has 0 radical (unpaired) electrons. The van der Waals surface area contributed by atoms with Gasteiger partial charge in [0.15, 0.2) is 0 Å². The summed E-state index contributed by atoms with van der Waals surface area (Å²) in [7, 11) is 0. The second-order valence-corrected chi connectivity index (χ2v) is 17.4. The molecule has 0 N–H and O–H groups in total. The third-order valence-electron chi connectivity index (χ3n) is 13.2. The van der Waals surface area contributed by atoms with Gasteiger partial charge in [0.1, 0.15) is 6.07 Å². The van der Waals surface area contributed by atoms with Crippen molar-refractivity contribution in [1.82, 2.24) is 0 Å². The van der Waals surface area contributed by atoms with Crippen LogP contribution in [0.4, 0.5) is 0 Å². The van der Waals surface area contributed by atoms with E-state index in [4.69, 9.17) is 0 Å². The Balaban J connectivity index is 1.35. The molecule has 0 saturated heterocycles. The molecule has 0 bridgehead atoms. The van der Waals surface area contributed by atoms with Gasteiger partial charge in [-0.05, 0) is 192 Å². The molecule has 0 atom stereocenters. The fraction of sp³-hybridized carbons (Fsp3) is 0. The van der Waals surface area contributed by atoms with E-state index in [2.05, 4.69) is 42.5 Å². The Hall–Kier alpha value is -11.4. The van der Waals surface area contributed by atoms with E-state index < -0.39 is 0 Å². The highest BCUT2D eigenvalue weighted by atomic mass is 14.3. The normalized spacial score (nSPS) is 10.3. The highest BCUT2D eigenvalue weighted by molar-refractivity contribution is 5.95. The maximum Gasteiger partial charge on any atom is 0.100 e. The van der Waals surface area contributed by atoms with Crippen molar-refractivity contribution in [1.29, 1.82) is 36.8 Å². The van der Waals surface area contributed by atoms with Crippen molar-refractivity contribution in [3.05, 3.63) is 251 Å². The van der Waals surface area contributed by atoms with Crippen LogP contribution in [-0.4, -0.2) is 0 Å². The molecule has 0 saturated carbocycles. The number of hydrogen-bond acceptors (Lipinski definition) is 7. The van der Waals surface area contributed by atoms with Crippen molar-refractivity contribution in [3.63, 3.8) is 0 Å². The van der Waals surface area contributed by atoms with E-state index in [1.54, 1.807) is 60.7 Å². The standard InChI is InChI=1S/C67H35N7/c68-36-43-13-1-7-19-59(43)51-25-49(26-52(27-51)60-20-8-2-14-44(60)37-69)50-34-65(57-30-53(61-21-9-3-15-45(61)38-70)28-54(31-57)62-22-10-4-16-46(62)39-71)67(42-74)66(35-50)58-32-55(63-23-11-5-17-47(63)40-72)29-56(33-58)64-24-12-6-18-48(64)41-73/h1-35H. The number of hydrogen-bond donors (Lipinski definition) is 0. The Bertz CT molecular complexity index is 3830. The first-order valence-corrected chi connectivity index (χ1v) is 23.4. The lowest BCUT2D eigenvalue weighted by atomic mass is 9.83. The first kappa shape index (κ1) is 46.4. The van der Waals surface area contributed by atoms with Crippen molar-refractivity contribution in [3.8, 4) is 143 Å². The number of nitriles is 7. The van der Waals surface area contributed by atoms with Gasteiger partial charge in [-0.2, -0.15) is 36.8 Å². The lowest BCUT2D eigenvalue weighted by molar-refractivity contribution is 1.45. The smallest absolute Gasteiger partial charge is 0.100 e. The molecule has 74 heavy (non-hydrogen) atoms. The van der Waals surface area contributed by atoms with Crippen molar-refractivity contribution in [2.24, 2.45) is 0 Å². The fourth-order valence-corrected chi connectivity index (χ4v) is 9.67. The monoisotopic (exact) mass is 937 g/mol. The molecule has 0 amide bonds. The van der Waals surface area contributed by atoms with Crippen LogP contribution in [0.25, 0.3) is 100 Å².